The molecule has 0 spiro atoms. The van der Waals surface area contributed by atoms with Gasteiger partial charge in [0.1, 0.15) is 0 Å². The van der Waals surface area contributed by atoms with E-state index < -0.39 is 0 Å². The maximum atomic E-state index is 6.85. The minimum Gasteiger partial charge on any atom is -0.261 e. The highest BCUT2D eigenvalue weighted by Gasteiger charge is 2.40. The van der Waals surface area contributed by atoms with Crippen LogP contribution in [0.1, 0.15) is 57.2 Å². The summed E-state index contributed by atoms with van der Waals surface area (Å²) in [6.45, 7) is 6.76. The predicted molar refractivity (Wildman–Crippen MR) is 82.7 cm³/mol. The van der Waals surface area contributed by atoms with Crippen molar-refractivity contribution in [1.82, 2.24) is 4.98 Å². The van der Waals surface area contributed by atoms with Gasteiger partial charge in [-0.2, -0.15) is 0 Å². The van der Waals surface area contributed by atoms with Crippen LogP contribution in [0.15, 0.2) is 18.3 Å². The average Bonchev–Trinajstić information content (AvgIpc) is 2.81. The van der Waals surface area contributed by atoms with Crippen molar-refractivity contribution < 1.29 is 0 Å². The largest absolute Gasteiger partial charge is 0.261 e. The Labute approximate surface area is 122 Å². The summed E-state index contributed by atoms with van der Waals surface area (Å²) in [6, 6.07) is 4.14. The third-order valence-electron chi connectivity index (χ3n) is 4.57. The van der Waals surface area contributed by atoms with Gasteiger partial charge in [0.2, 0.25) is 0 Å². The van der Waals surface area contributed by atoms with E-state index in [1.807, 2.05) is 12.3 Å². The molecule has 1 nitrogen and oxygen atoms in total. The molecule has 19 heavy (non-hydrogen) atoms. The van der Waals surface area contributed by atoms with Crippen LogP contribution in [0.3, 0.4) is 0 Å². The van der Waals surface area contributed by atoms with Gasteiger partial charge in [0.25, 0.3) is 0 Å². The van der Waals surface area contributed by atoms with Gasteiger partial charge >= 0.3 is 0 Å². The number of hydrogen-bond donors (Lipinski definition) is 0. The van der Waals surface area contributed by atoms with Crippen LogP contribution in [0, 0.1) is 18.3 Å². The summed E-state index contributed by atoms with van der Waals surface area (Å²) in [5.41, 5.74) is 2.79. The lowest BCUT2D eigenvalue weighted by atomic mass is 9.74. The summed E-state index contributed by atoms with van der Waals surface area (Å²) in [7, 11) is 0. The van der Waals surface area contributed by atoms with Crippen molar-refractivity contribution in [2.24, 2.45) is 11.3 Å². The Morgan fingerprint density at radius 1 is 1.32 bits per heavy atom. The van der Waals surface area contributed by atoms with E-state index in [9.17, 15) is 0 Å². The minimum atomic E-state index is 0.228. The van der Waals surface area contributed by atoms with Crippen molar-refractivity contribution in [3.8, 4) is 0 Å². The first-order chi connectivity index (χ1) is 9.03. The van der Waals surface area contributed by atoms with Crippen LogP contribution >= 0.6 is 11.6 Å². The Balaban J connectivity index is 2.12. The highest BCUT2D eigenvalue weighted by Crippen LogP contribution is 2.48. The van der Waals surface area contributed by atoms with Gasteiger partial charge in [0.15, 0.2) is 0 Å². The van der Waals surface area contributed by atoms with E-state index >= 15 is 0 Å². The standard InChI is InChI=1S/C17H26ClN/c1-13(2)12-17(8-4-5-9-17)16(18)11-15-14(3)7-6-10-19-15/h6-7,10,13,16H,4-5,8-9,11-12H2,1-3H3. The van der Waals surface area contributed by atoms with Crippen LogP contribution in [0.4, 0.5) is 0 Å². The molecular formula is C17H26ClN. The highest BCUT2D eigenvalue weighted by molar-refractivity contribution is 6.21. The van der Waals surface area contributed by atoms with Crippen molar-refractivity contribution >= 4 is 11.6 Å². The summed E-state index contributed by atoms with van der Waals surface area (Å²) in [5, 5.41) is 0.228. The van der Waals surface area contributed by atoms with Crippen LogP contribution in [0.2, 0.25) is 0 Å². The van der Waals surface area contributed by atoms with E-state index in [0.29, 0.717) is 5.41 Å². The molecule has 1 unspecified atom stereocenters. The fraction of sp³-hybridized carbons (Fsp3) is 0.706. The van der Waals surface area contributed by atoms with Gasteiger partial charge in [0, 0.05) is 23.7 Å². The molecule has 1 fully saturated rings. The SMILES string of the molecule is Cc1cccnc1CC(Cl)C1(CC(C)C)CCCC1. The lowest BCUT2D eigenvalue weighted by molar-refractivity contribution is 0.220. The highest BCUT2D eigenvalue weighted by atomic mass is 35.5. The van der Waals surface area contributed by atoms with Crippen molar-refractivity contribution in [2.45, 2.75) is 64.7 Å². The molecule has 0 aliphatic heterocycles. The first-order valence-corrected chi connectivity index (χ1v) is 8.02. The van der Waals surface area contributed by atoms with Crippen molar-refractivity contribution in [2.75, 3.05) is 0 Å². The summed E-state index contributed by atoms with van der Waals surface area (Å²) < 4.78 is 0. The average molecular weight is 280 g/mol. The molecule has 0 amide bonds. The van der Waals surface area contributed by atoms with Gasteiger partial charge in [-0.3, -0.25) is 4.98 Å². The summed E-state index contributed by atoms with van der Waals surface area (Å²) in [6.07, 6.45) is 9.34. The topological polar surface area (TPSA) is 12.9 Å². The van der Waals surface area contributed by atoms with Gasteiger partial charge in [-0.25, -0.2) is 0 Å². The van der Waals surface area contributed by atoms with Crippen LogP contribution in [0.25, 0.3) is 0 Å². The first kappa shape index (κ1) is 14.8. The van der Waals surface area contributed by atoms with Gasteiger partial charge < -0.3 is 0 Å². The Kier molecular flexibility index (Phi) is 4.89. The molecule has 0 N–H and O–H groups in total. The Morgan fingerprint density at radius 2 is 2.00 bits per heavy atom. The lowest BCUT2D eigenvalue weighted by Gasteiger charge is -2.35. The molecule has 1 aromatic heterocycles. The van der Waals surface area contributed by atoms with Gasteiger partial charge in [-0.05, 0) is 49.1 Å². The van der Waals surface area contributed by atoms with Gasteiger partial charge in [-0.15, -0.1) is 11.6 Å². The molecule has 2 heteroatoms. The molecule has 1 atom stereocenters. The molecule has 0 radical (unpaired) electrons. The number of pyridine rings is 1. The van der Waals surface area contributed by atoms with E-state index in [0.717, 1.165) is 12.3 Å². The molecule has 1 saturated carbocycles. The van der Waals surface area contributed by atoms with Crippen molar-refractivity contribution in [3.63, 3.8) is 0 Å². The van der Waals surface area contributed by atoms with E-state index in [-0.39, 0.29) is 5.38 Å². The molecule has 2 rings (SSSR count). The number of aromatic nitrogens is 1. The smallest absolute Gasteiger partial charge is 0.0447 e. The molecule has 1 aliphatic rings. The van der Waals surface area contributed by atoms with Crippen LogP contribution in [0.5, 0.6) is 0 Å². The van der Waals surface area contributed by atoms with E-state index in [1.54, 1.807) is 0 Å². The van der Waals surface area contributed by atoms with Crippen molar-refractivity contribution in [1.29, 1.82) is 0 Å². The number of aryl methyl sites for hydroxylation is 1. The zero-order chi connectivity index (χ0) is 13.9. The Morgan fingerprint density at radius 3 is 2.58 bits per heavy atom. The molecule has 106 valence electrons. The van der Waals surface area contributed by atoms with Gasteiger partial charge in [-0.1, -0.05) is 32.8 Å². The third-order valence-corrected chi connectivity index (χ3v) is 5.19. The normalized spacial score (nSPS) is 19.8. The second kappa shape index (κ2) is 6.26. The Hall–Kier alpha value is -0.560. The summed E-state index contributed by atoms with van der Waals surface area (Å²) >= 11 is 6.85. The minimum absolute atomic E-state index is 0.228. The molecule has 0 bridgehead atoms. The molecule has 0 saturated heterocycles. The molecule has 1 aliphatic carbocycles. The van der Waals surface area contributed by atoms with Crippen LogP contribution in [-0.4, -0.2) is 10.4 Å². The van der Waals surface area contributed by atoms with Crippen molar-refractivity contribution in [3.05, 3.63) is 29.6 Å². The molecule has 1 heterocycles. The van der Waals surface area contributed by atoms with E-state index in [4.69, 9.17) is 11.6 Å². The lowest BCUT2D eigenvalue weighted by Crippen LogP contribution is -2.32. The fourth-order valence-electron chi connectivity index (χ4n) is 3.66. The second-order valence-corrected chi connectivity index (χ2v) is 7.13. The zero-order valence-electron chi connectivity index (χ0n) is 12.5. The summed E-state index contributed by atoms with van der Waals surface area (Å²) in [4.78, 5) is 4.52. The quantitative estimate of drug-likeness (QED) is 0.680. The molecule has 1 aromatic rings. The zero-order valence-corrected chi connectivity index (χ0v) is 13.2. The molecular weight excluding hydrogens is 254 g/mol. The molecule has 0 aromatic carbocycles. The maximum absolute atomic E-state index is 6.85. The monoisotopic (exact) mass is 279 g/mol. The number of rotatable bonds is 5. The second-order valence-electron chi connectivity index (χ2n) is 6.61. The predicted octanol–water partition coefficient (Wildman–Crippen LogP) is 5.15. The number of nitrogens with zero attached hydrogens (tertiary/aromatic N) is 1. The fourth-order valence-corrected chi connectivity index (χ4v) is 4.11. The first-order valence-electron chi connectivity index (χ1n) is 7.58. The number of hydrogen-bond acceptors (Lipinski definition) is 1. The van der Waals surface area contributed by atoms with E-state index in [2.05, 4.69) is 31.8 Å². The van der Waals surface area contributed by atoms with E-state index in [1.165, 1.54) is 43.4 Å². The number of alkyl halides is 1. The summed E-state index contributed by atoms with van der Waals surface area (Å²) in [5.74, 6) is 0.726. The third kappa shape index (κ3) is 3.51. The maximum Gasteiger partial charge on any atom is 0.0447 e. The van der Waals surface area contributed by atoms with Crippen LogP contribution < -0.4 is 0 Å². The van der Waals surface area contributed by atoms with Crippen LogP contribution in [-0.2, 0) is 6.42 Å². The van der Waals surface area contributed by atoms with Gasteiger partial charge in [0.05, 0.1) is 0 Å². The Bertz CT molecular complexity index is 407. The number of halogens is 1.